The molecule has 1 aromatic carbocycles. The summed E-state index contributed by atoms with van der Waals surface area (Å²) in [5.74, 6) is -0.144. The van der Waals surface area contributed by atoms with Crippen molar-refractivity contribution in [2.45, 2.75) is 38.0 Å². The first-order valence-corrected chi connectivity index (χ1v) is 7.08. The minimum absolute atomic E-state index is 0.117. The maximum atomic E-state index is 13.1. The molecule has 0 radical (unpaired) electrons. The maximum Gasteiger partial charge on any atom is 0.241 e. The van der Waals surface area contributed by atoms with Gasteiger partial charge in [-0.05, 0) is 37.5 Å². The Labute approximate surface area is 117 Å². The molecule has 5 heteroatoms. The molecule has 3 rings (SSSR count). The Morgan fingerprint density at radius 1 is 1.25 bits per heavy atom. The fraction of sp³-hybridized carbons (Fsp3) is 0.533. The molecule has 1 N–H and O–H groups in total. The first-order chi connectivity index (χ1) is 9.66. The van der Waals surface area contributed by atoms with Gasteiger partial charge in [0.05, 0.1) is 6.04 Å². The highest BCUT2D eigenvalue weighted by atomic mass is 19.1. The Balaban J connectivity index is 1.87. The summed E-state index contributed by atoms with van der Waals surface area (Å²) in [7, 11) is 0. The van der Waals surface area contributed by atoms with Crippen LogP contribution in [0.2, 0.25) is 0 Å². The molecule has 1 amide bonds. The fourth-order valence-electron chi connectivity index (χ4n) is 3.00. The molecule has 4 nitrogen and oxygen atoms in total. The lowest BCUT2D eigenvalue weighted by Crippen LogP contribution is -2.43. The number of nitrogens with zero attached hydrogens (tertiary/aromatic N) is 1. The second-order valence-electron chi connectivity index (χ2n) is 5.43. The van der Waals surface area contributed by atoms with Gasteiger partial charge in [-0.15, -0.1) is 0 Å². The van der Waals surface area contributed by atoms with E-state index in [0.29, 0.717) is 13.2 Å². The van der Waals surface area contributed by atoms with Crippen molar-refractivity contribution in [3.8, 4) is 0 Å². The highest BCUT2D eigenvalue weighted by Crippen LogP contribution is 2.30. The first-order valence-electron chi connectivity index (χ1n) is 7.08. The Morgan fingerprint density at radius 3 is 2.55 bits per heavy atom. The Morgan fingerprint density at radius 2 is 1.90 bits per heavy atom. The molecule has 2 atom stereocenters. The molecule has 108 valence electrons. The molecule has 0 saturated carbocycles. The predicted molar refractivity (Wildman–Crippen MR) is 72.4 cm³/mol. The van der Waals surface area contributed by atoms with Crippen molar-refractivity contribution in [2.75, 3.05) is 13.2 Å². The van der Waals surface area contributed by atoms with Gasteiger partial charge < -0.3 is 9.64 Å². The van der Waals surface area contributed by atoms with Crippen LogP contribution in [0.3, 0.4) is 0 Å². The second kappa shape index (κ2) is 5.50. The second-order valence-corrected chi connectivity index (χ2v) is 5.43. The summed E-state index contributed by atoms with van der Waals surface area (Å²) in [6, 6.07) is 6.35. The molecule has 1 aromatic rings. The summed E-state index contributed by atoms with van der Waals surface area (Å²) in [6.45, 7) is 3.26. The van der Waals surface area contributed by atoms with Crippen LogP contribution in [0.4, 0.5) is 4.39 Å². The molecule has 0 aliphatic carbocycles. The molecular weight excluding hydrogens is 259 g/mol. The zero-order chi connectivity index (χ0) is 14.1. The molecule has 2 heterocycles. The van der Waals surface area contributed by atoms with Gasteiger partial charge in [-0.2, -0.15) is 0 Å². The predicted octanol–water partition coefficient (Wildman–Crippen LogP) is 1.82. The number of amides is 1. The van der Waals surface area contributed by atoms with Gasteiger partial charge in [-0.3, -0.25) is 10.1 Å². The number of ether oxygens (including phenoxy) is 1. The third-order valence-electron chi connectivity index (χ3n) is 4.08. The molecule has 2 aliphatic rings. The van der Waals surface area contributed by atoms with Crippen molar-refractivity contribution >= 4 is 5.91 Å². The summed E-state index contributed by atoms with van der Waals surface area (Å²) < 4.78 is 18.4. The van der Waals surface area contributed by atoms with Crippen LogP contribution in [0.1, 0.15) is 31.5 Å². The maximum absolute atomic E-state index is 13.1. The van der Waals surface area contributed by atoms with E-state index in [1.54, 1.807) is 12.1 Å². The standard InChI is InChI=1S/C15H19FN2O2/c1-10-15(19)18(13-6-8-20-9-7-13)14(17-10)11-2-4-12(16)5-3-11/h2-5,10,13-14,17H,6-9H2,1H3. The van der Waals surface area contributed by atoms with Gasteiger partial charge in [-0.1, -0.05) is 12.1 Å². The van der Waals surface area contributed by atoms with E-state index in [0.717, 1.165) is 18.4 Å². The third kappa shape index (κ3) is 2.43. The fourth-order valence-corrected chi connectivity index (χ4v) is 3.00. The molecule has 0 spiro atoms. The topological polar surface area (TPSA) is 41.6 Å². The van der Waals surface area contributed by atoms with Gasteiger partial charge >= 0.3 is 0 Å². The average Bonchev–Trinajstić information content (AvgIpc) is 2.77. The van der Waals surface area contributed by atoms with Crippen LogP contribution in [0.5, 0.6) is 0 Å². The normalized spacial score (nSPS) is 28.1. The highest BCUT2D eigenvalue weighted by molar-refractivity contribution is 5.84. The van der Waals surface area contributed by atoms with Gasteiger partial charge in [-0.25, -0.2) is 4.39 Å². The van der Waals surface area contributed by atoms with Gasteiger partial charge in [0, 0.05) is 19.3 Å². The van der Waals surface area contributed by atoms with Gasteiger partial charge in [0.1, 0.15) is 12.0 Å². The van der Waals surface area contributed by atoms with Crippen molar-refractivity contribution in [1.82, 2.24) is 10.2 Å². The lowest BCUT2D eigenvalue weighted by Gasteiger charge is -2.35. The number of hydrogen-bond donors (Lipinski definition) is 1. The van der Waals surface area contributed by atoms with E-state index in [2.05, 4.69) is 5.32 Å². The summed E-state index contributed by atoms with van der Waals surface area (Å²) in [4.78, 5) is 14.3. The first kappa shape index (κ1) is 13.5. The molecule has 2 unspecified atom stereocenters. The molecule has 20 heavy (non-hydrogen) atoms. The molecule has 2 fully saturated rings. The largest absolute Gasteiger partial charge is 0.381 e. The van der Waals surface area contributed by atoms with Crippen LogP contribution in [-0.4, -0.2) is 36.1 Å². The lowest BCUT2D eigenvalue weighted by molar-refractivity contribution is -0.134. The van der Waals surface area contributed by atoms with E-state index in [-0.39, 0.29) is 30.0 Å². The lowest BCUT2D eigenvalue weighted by atomic mass is 10.0. The van der Waals surface area contributed by atoms with Crippen molar-refractivity contribution in [3.05, 3.63) is 35.6 Å². The van der Waals surface area contributed by atoms with Crippen LogP contribution in [0.25, 0.3) is 0 Å². The number of hydrogen-bond acceptors (Lipinski definition) is 3. The molecule has 2 saturated heterocycles. The number of carbonyl (C=O) groups is 1. The Hall–Kier alpha value is -1.46. The van der Waals surface area contributed by atoms with Crippen LogP contribution >= 0.6 is 0 Å². The SMILES string of the molecule is CC1NC(c2ccc(F)cc2)N(C2CCOCC2)C1=O. The molecular formula is C15H19FN2O2. The van der Waals surface area contributed by atoms with E-state index in [4.69, 9.17) is 4.74 Å². The Kier molecular flexibility index (Phi) is 3.72. The van der Waals surface area contributed by atoms with E-state index in [9.17, 15) is 9.18 Å². The number of carbonyl (C=O) groups excluding carboxylic acids is 1. The van der Waals surface area contributed by atoms with E-state index >= 15 is 0 Å². The van der Waals surface area contributed by atoms with Crippen molar-refractivity contribution < 1.29 is 13.9 Å². The third-order valence-corrected chi connectivity index (χ3v) is 4.08. The Bertz CT molecular complexity index is 485. The van der Waals surface area contributed by atoms with Crippen LogP contribution < -0.4 is 5.32 Å². The van der Waals surface area contributed by atoms with Gasteiger partial charge in [0.15, 0.2) is 0 Å². The summed E-state index contributed by atoms with van der Waals surface area (Å²) in [6.07, 6.45) is 1.55. The van der Waals surface area contributed by atoms with Crippen LogP contribution in [0, 0.1) is 5.82 Å². The number of rotatable bonds is 2. The van der Waals surface area contributed by atoms with Gasteiger partial charge in [0.25, 0.3) is 0 Å². The smallest absolute Gasteiger partial charge is 0.241 e. The summed E-state index contributed by atoms with van der Waals surface area (Å²) >= 11 is 0. The molecule has 2 aliphatic heterocycles. The van der Waals surface area contributed by atoms with Gasteiger partial charge in [0.2, 0.25) is 5.91 Å². The minimum atomic E-state index is -0.260. The quantitative estimate of drug-likeness (QED) is 0.897. The van der Waals surface area contributed by atoms with Crippen LogP contribution in [-0.2, 0) is 9.53 Å². The zero-order valence-electron chi connectivity index (χ0n) is 11.5. The molecule has 0 aromatic heterocycles. The van der Waals surface area contributed by atoms with E-state index in [1.807, 2.05) is 11.8 Å². The monoisotopic (exact) mass is 278 g/mol. The highest BCUT2D eigenvalue weighted by Gasteiger charge is 2.41. The number of benzene rings is 1. The minimum Gasteiger partial charge on any atom is -0.381 e. The number of nitrogens with one attached hydrogen (secondary N) is 1. The van der Waals surface area contributed by atoms with Crippen molar-refractivity contribution in [3.63, 3.8) is 0 Å². The average molecular weight is 278 g/mol. The van der Waals surface area contributed by atoms with Crippen LogP contribution in [0.15, 0.2) is 24.3 Å². The summed E-state index contributed by atoms with van der Waals surface area (Å²) in [5, 5.41) is 3.30. The van der Waals surface area contributed by atoms with E-state index in [1.165, 1.54) is 12.1 Å². The zero-order valence-corrected chi connectivity index (χ0v) is 11.5. The van der Waals surface area contributed by atoms with Crippen molar-refractivity contribution in [1.29, 1.82) is 0 Å². The van der Waals surface area contributed by atoms with E-state index < -0.39 is 0 Å². The van der Waals surface area contributed by atoms with Crippen molar-refractivity contribution in [2.24, 2.45) is 0 Å². The molecule has 0 bridgehead atoms. The summed E-state index contributed by atoms with van der Waals surface area (Å²) in [5.41, 5.74) is 0.926. The number of halogens is 1.